The molecule has 1 atom stereocenters. The fraction of sp³-hybridized carbons (Fsp3) is 0.209. The zero-order chi connectivity index (χ0) is 31.0. The summed E-state index contributed by atoms with van der Waals surface area (Å²) >= 11 is 0. The first-order valence-electron chi connectivity index (χ1n) is 16.2. The van der Waals surface area contributed by atoms with Crippen LogP contribution in [0.3, 0.4) is 0 Å². The van der Waals surface area contributed by atoms with Crippen LogP contribution in [0.15, 0.2) is 121 Å². The van der Waals surface area contributed by atoms with Crippen molar-refractivity contribution in [2.75, 3.05) is 9.80 Å². The molecule has 2 nitrogen and oxygen atoms in total. The quantitative estimate of drug-likeness (QED) is 0.207. The Morgan fingerprint density at radius 3 is 2.02 bits per heavy atom. The van der Waals surface area contributed by atoms with Crippen molar-refractivity contribution in [3.63, 3.8) is 0 Å². The Morgan fingerprint density at radius 2 is 1.36 bits per heavy atom. The number of rotatable bonds is 4. The minimum absolute atomic E-state index is 0.144. The van der Waals surface area contributed by atoms with Crippen LogP contribution in [-0.2, 0) is 5.41 Å². The number of nitrogens with zero attached hydrogens (tertiary/aromatic N) is 2. The molecule has 0 radical (unpaired) electrons. The highest BCUT2D eigenvalue weighted by Gasteiger charge is 2.41. The van der Waals surface area contributed by atoms with E-state index in [1.807, 2.05) is 0 Å². The molecule has 0 fully saturated rings. The maximum atomic E-state index is 2.52. The molecule has 5 aromatic carbocycles. The zero-order valence-corrected chi connectivity index (χ0v) is 27.1. The van der Waals surface area contributed by atoms with Gasteiger partial charge in [-0.3, -0.25) is 0 Å². The number of anilines is 5. The van der Waals surface area contributed by atoms with Gasteiger partial charge in [0.15, 0.2) is 0 Å². The van der Waals surface area contributed by atoms with E-state index in [-0.39, 0.29) is 5.41 Å². The van der Waals surface area contributed by atoms with Crippen molar-refractivity contribution < 1.29 is 0 Å². The number of allylic oxidation sites excluding steroid dienone is 4. The summed E-state index contributed by atoms with van der Waals surface area (Å²) in [4.78, 5) is 4.96. The van der Waals surface area contributed by atoms with Gasteiger partial charge in [0, 0.05) is 39.8 Å². The van der Waals surface area contributed by atoms with Crippen LogP contribution < -0.4 is 9.80 Å². The average Bonchev–Trinajstić information content (AvgIpc) is 3.47. The molecule has 1 unspecified atom stereocenters. The van der Waals surface area contributed by atoms with Crippen molar-refractivity contribution in [2.24, 2.45) is 0 Å². The van der Waals surface area contributed by atoms with Crippen molar-refractivity contribution in [1.82, 2.24) is 0 Å². The molecule has 222 valence electrons. The van der Waals surface area contributed by atoms with Crippen LogP contribution in [-0.4, -0.2) is 0 Å². The Bertz CT molecular complexity index is 2010. The fourth-order valence-electron chi connectivity index (χ4n) is 8.05. The largest absolute Gasteiger partial charge is 0.313 e. The van der Waals surface area contributed by atoms with Gasteiger partial charge in [-0.1, -0.05) is 85.7 Å². The maximum absolute atomic E-state index is 2.52. The lowest BCUT2D eigenvalue weighted by Crippen LogP contribution is -2.18. The van der Waals surface area contributed by atoms with Gasteiger partial charge in [-0.05, 0) is 128 Å². The minimum atomic E-state index is -0.144. The second kappa shape index (κ2) is 10.1. The van der Waals surface area contributed by atoms with Crippen molar-refractivity contribution in [3.8, 4) is 11.1 Å². The molecule has 0 saturated carbocycles. The van der Waals surface area contributed by atoms with E-state index in [9.17, 15) is 0 Å². The highest BCUT2D eigenvalue weighted by Crippen LogP contribution is 2.57. The van der Waals surface area contributed by atoms with Crippen LogP contribution in [0.1, 0.15) is 65.1 Å². The summed E-state index contributed by atoms with van der Waals surface area (Å²) in [7, 11) is 0. The van der Waals surface area contributed by atoms with Crippen LogP contribution >= 0.6 is 0 Å². The number of hydrogen-bond donors (Lipinski definition) is 0. The topological polar surface area (TPSA) is 6.48 Å². The molecule has 0 aromatic heterocycles. The molecular weight excluding hydrogens is 544 g/mol. The van der Waals surface area contributed by atoms with E-state index in [0.29, 0.717) is 5.92 Å². The maximum Gasteiger partial charge on any atom is 0.0501 e. The van der Waals surface area contributed by atoms with Crippen LogP contribution in [0.25, 0.3) is 11.1 Å². The number of benzene rings is 5. The molecule has 0 saturated heterocycles. The van der Waals surface area contributed by atoms with Crippen molar-refractivity contribution in [2.45, 2.75) is 59.3 Å². The molecule has 0 N–H and O–H groups in total. The Balaban J connectivity index is 1.30. The molecule has 2 heteroatoms. The first-order valence-corrected chi connectivity index (χ1v) is 16.2. The van der Waals surface area contributed by atoms with Crippen LogP contribution in [0.4, 0.5) is 28.4 Å². The van der Waals surface area contributed by atoms with Crippen molar-refractivity contribution in [3.05, 3.63) is 160 Å². The first kappa shape index (κ1) is 27.7. The Hall–Kier alpha value is -4.82. The standard InChI is InChI=1S/C43H40N2/c1-27-16-20-39(29(3)22-27)45(40-21-17-28(2)23-30(40)4)32-18-19-33-35-25-36-34-14-10-11-15-41(34)44(31-12-8-7-9-13-31)42(36)26-38(35)43(5,6)37(33)24-32/h7-13,15-26,34H,14H2,1-6H3. The second-order valence-corrected chi connectivity index (χ2v) is 13.7. The predicted molar refractivity (Wildman–Crippen MR) is 191 cm³/mol. The Morgan fingerprint density at radius 1 is 0.689 bits per heavy atom. The van der Waals surface area contributed by atoms with E-state index in [1.165, 1.54) is 84.2 Å². The third-order valence-corrected chi connectivity index (χ3v) is 10.3. The van der Waals surface area contributed by atoms with E-state index in [0.717, 1.165) is 6.42 Å². The summed E-state index contributed by atoms with van der Waals surface area (Å²) in [5, 5.41) is 0. The third-order valence-electron chi connectivity index (χ3n) is 10.3. The molecule has 8 rings (SSSR count). The van der Waals surface area contributed by atoms with E-state index >= 15 is 0 Å². The number of aryl methyl sites for hydroxylation is 4. The Kier molecular flexibility index (Phi) is 6.22. The van der Waals surface area contributed by atoms with Gasteiger partial charge in [0.2, 0.25) is 0 Å². The summed E-state index contributed by atoms with van der Waals surface area (Å²) in [5.74, 6) is 0.381. The monoisotopic (exact) mass is 584 g/mol. The SMILES string of the molecule is Cc1ccc(N(c2ccc3c(c2)C(C)(C)c2cc4c(cc2-3)C2CC=CC=C2N4c2ccccc2)c2ccc(C)cc2C)c(C)c1. The number of hydrogen-bond acceptors (Lipinski definition) is 2. The van der Waals surface area contributed by atoms with Gasteiger partial charge in [0.1, 0.15) is 0 Å². The zero-order valence-electron chi connectivity index (χ0n) is 27.1. The summed E-state index contributed by atoms with van der Waals surface area (Å²) in [6, 6.07) is 36.7. The lowest BCUT2D eigenvalue weighted by atomic mass is 9.81. The molecule has 2 aliphatic carbocycles. The second-order valence-electron chi connectivity index (χ2n) is 13.7. The number of para-hydroxylation sites is 1. The third kappa shape index (κ3) is 4.23. The molecular formula is C43H40N2. The summed E-state index contributed by atoms with van der Waals surface area (Å²) < 4.78 is 0. The van der Waals surface area contributed by atoms with Gasteiger partial charge in [0.25, 0.3) is 0 Å². The van der Waals surface area contributed by atoms with E-state index in [4.69, 9.17) is 0 Å². The van der Waals surface area contributed by atoms with Crippen LogP contribution in [0.5, 0.6) is 0 Å². The van der Waals surface area contributed by atoms with Crippen LogP contribution in [0.2, 0.25) is 0 Å². The average molecular weight is 585 g/mol. The summed E-state index contributed by atoms with van der Waals surface area (Å²) in [6.45, 7) is 13.6. The van der Waals surface area contributed by atoms with E-state index in [1.54, 1.807) is 0 Å². The molecule has 0 bridgehead atoms. The molecule has 0 spiro atoms. The molecule has 5 aromatic rings. The lowest BCUT2D eigenvalue weighted by Gasteiger charge is -2.30. The van der Waals surface area contributed by atoms with Gasteiger partial charge in [-0.2, -0.15) is 0 Å². The van der Waals surface area contributed by atoms with Gasteiger partial charge >= 0.3 is 0 Å². The van der Waals surface area contributed by atoms with Gasteiger partial charge in [0.05, 0.1) is 5.69 Å². The Labute approximate surface area is 268 Å². The van der Waals surface area contributed by atoms with E-state index in [2.05, 4.69) is 167 Å². The molecule has 45 heavy (non-hydrogen) atoms. The molecule has 1 heterocycles. The smallest absolute Gasteiger partial charge is 0.0501 e. The molecule has 0 amide bonds. The highest BCUT2D eigenvalue weighted by molar-refractivity contribution is 5.91. The van der Waals surface area contributed by atoms with Crippen molar-refractivity contribution >= 4 is 28.4 Å². The first-order chi connectivity index (χ1) is 21.7. The number of fused-ring (bicyclic) bond motifs is 6. The lowest BCUT2D eigenvalue weighted by molar-refractivity contribution is 0.660. The predicted octanol–water partition coefficient (Wildman–Crippen LogP) is 11.8. The molecule has 3 aliphatic rings. The molecule has 1 aliphatic heterocycles. The normalized spacial score (nSPS) is 17.0. The fourth-order valence-corrected chi connectivity index (χ4v) is 8.05. The van der Waals surface area contributed by atoms with Gasteiger partial charge in [-0.25, -0.2) is 0 Å². The highest BCUT2D eigenvalue weighted by atomic mass is 15.2. The minimum Gasteiger partial charge on any atom is -0.313 e. The van der Waals surface area contributed by atoms with Gasteiger partial charge in [-0.15, -0.1) is 0 Å². The summed E-state index contributed by atoms with van der Waals surface area (Å²) in [5.41, 5.74) is 19.6. The van der Waals surface area contributed by atoms with Crippen LogP contribution in [0, 0.1) is 27.7 Å². The van der Waals surface area contributed by atoms with Crippen molar-refractivity contribution in [1.29, 1.82) is 0 Å². The van der Waals surface area contributed by atoms with E-state index < -0.39 is 0 Å². The van der Waals surface area contributed by atoms with Gasteiger partial charge < -0.3 is 9.80 Å². The summed E-state index contributed by atoms with van der Waals surface area (Å²) in [6.07, 6.45) is 7.89.